The molecule has 0 spiro atoms. The first kappa shape index (κ1) is 15.7. The topological polar surface area (TPSA) is 77.1 Å². The second-order valence-electron chi connectivity index (χ2n) is 6.05. The molecule has 2 aromatic heterocycles. The summed E-state index contributed by atoms with van der Waals surface area (Å²) in [4.78, 5) is 19.3. The summed E-state index contributed by atoms with van der Waals surface area (Å²) in [6, 6.07) is -0.138. The van der Waals surface area contributed by atoms with Gasteiger partial charge in [0.05, 0.1) is 11.3 Å². The Morgan fingerprint density at radius 1 is 1.30 bits per heavy atom. The minimum atomic E-state index is -0.138. The van der Waals surface area contributed by atoms with Crippen LogP contribution in [0.2, 0.25) is 0 Å². The van der Waals surface area contributed by atoms with Gasteiger partial charge in [0.1, 0.15) is 6.04 Å². The molecule has 1 aliphatic heterocycles. The van der Waals surface area contributed by atoms with E-state index in [4.69, 9.17) is 4.52 Å². The van der Waals surface area contributed by atoms with E-state index in [0.717, 1.165) is 37.2 Å². The van der Waals surface area contributed by atoms with E-state index in [1.807, 2.05) is 30.4 Å². The predicted molar refractivity (Wildman–Crippen MR) is 84.0 cm³/mol. The Balaban J connectivity index is 1.94. The number of nitrogens with zero attached hydrogens (tertiary/aromatic N) is 5. The molecule has 1 amide bonds. The maximum Gasteiger partial charge on any atom is 0.258 e. The van der Waals surface area contributed by atoms with Crippen LogP contribution in [0.15, 0.2) is 4.52 Å². The third-order valence-electron chi connectivity index (χ3n) is 4.49. The van der Waals surface area contributed by atoms with Crippen LogP contribution >= 0.6 is 0 Å². The van der Waals surface area contributed by atoms with E-state index in [9.17, 15) is 4.79 Å². The number of likely N-dealkylation sites (tertiary alicyclic amines) is 1. The Labute approximate surface area is 135 Å². The summed E-state index contributed by atoms with van der Waals surface area (Å²) in [6.45, 7) is 9.13. The molecule has 1 saturated heterocycles. The van der Waals surface area contributed by atoms with Crippen LogP contribution < -0.4 is 0 Å². The highest BCUT2D eigenvalue weighted by Crippen LogP contribution is 2.32. The predicted octanol–water partition coefficient (Wildman–Crippen LogP) is 2.58. The van der Waals surface area contributed by atoms with E-state index in [1.165, 1.54) is 0 Å². The fourth-order valence-corrected chi connectivity index (χ4v) is 3.34. The van der Waals surface area contributed by atoms with Crippen LogP contribution in [-0.4, -0.2) is 37.3 Å². The van der Waals surface area contributed by atoms with Crippen molar-refractivity contribution in [2.45, 2.75) is 59.5 Å². The molecule has 1 aliphatic rings. The number of hydrogen-bond donors (Lipinski definition) is 0. The van der Waals surface area contributed by atoms with Crippen molar-refractivity contribution in [3.63, 3.8) is 0 Å². The molecule has 0 aliphatic carbocycles. The van der Waals surface area contributed by atoms with Crippen LogP contribution in [0, 0.1) is 20.8 Å². The Morgan fingerprint density at radius 3 is 2.70 bits per heavy atom. The molecule has 0 bridgehead atoms. The van der Waals surface area contributed by atoms with Crippen molar-refractivity contribution in [3.05, 3.63) is 28.7 Å². The average molecular weight is 317 g/mol. The van der Waals surface area contributed by atoms with Crippen LogP contribution in [0.1, 0.15) is 65.7 Å². The summed E-state index contributed by atoms with van der Waals surface area (Å²) in [6.07, 6.45) is 2.91. The lowest BCUT2D eigenvalue weighted by molar-refractivity contribution is 0.0559. The number of piperidine rings is 1. The molecule has 3 heterocycles. The number of aromatic nitrogens is 4. The largest absolute Gasteiger partial charge is 0.337 e. The van der Waals surface area contributed by atoms with Gasteiger partial charge in [0.25, 0.3) is 5.91 Å². The monoisotopic (exact) mass is 317 g/mol. The van der Waals surface area contributed by atoms with E-state index < -0.39 is 0 Å². The Morgan fingerprint density at radius 2 is 2.09 bits per heavy atom. The van der Waals surface area contributed by atoms with Crippen molar-refractivity contribution < 1.29 is 9.32 Å². The molecule has 3 rings (SSSR count). The Bertz CT molecular complexity index is 718. The van der Waals surface area contributed by atoms with Crippen molar-refractivity contribution in [2.75, 3.05) is 6.54 Å². The molecule has 0 saturated carbocycles. The molecule has 0 aromatic carbocycles. The number of aryl methyl sites for hydroxylation is 3. The summed E-state index contributed by atoms with van der Waals surface area (Å²) in [7, 11) is 0. The van der Waals surface area contributed by atoms with Gasteiger partial charge in [-0.25, -0.2) is 0 Å². The van der Waals surface area contributed by atoms with Crippen molar-refractivity contribution in [1.82, 2.24) is 24.8 Å². The molecular formula is C16H23N5O2. The van der Waals surface area contributed by atoms with Crippen LogP contribution in [0.5, 0.6) is 0 Å². The van der Waals surface area contributed by atoms with Crippen LogP contribution in [-0.2, 0) is 6.54 Å². The summed E-state index contributed by atoms with van der Waals surface area (Å²) >= 11 is 0. The fourth-order valence-electron chi connectivity index (χ4n) is 3.34. The lowest BCUT2D eigenvalue weighted by Crippen LogP contribution is -2.39. The summed E-state index contributed by atoms with van der Waals surface area (Å²) < 4.78 is 7.20. The van der Waals surface area contributed by atoms with Crippen LogP contribution in [0.25, 0.3) is 0 Å². The summed E-state index contributed by atoms with van der Waals surface area (Å²) in [5, 5.41) is 8.33. The van der Waals surface area contributed by atoms with E-state index >= 15 is 0 Å². The van der Waals surface area contributed by atoms with Gasteiger partial charge in [-0.1, -0.05) is 5.16 Å². The van der Waals surface area contributed by atoms with E-state index in [-0.39, 0.29) is 11.9 Å². The van der Waals surface area contributed by atoms with Crippen LogP contribution in [0.4, 0.5) is 0 Å². The lowest BCUT2D eigenvalue weighted by Gasteiger charge is -2.33. The number of carbonyl (C=O) groups is 1. The molecule has 7 nitrogen and oxygen atoms in total. The Kier molecular flexibility index (Phi) is 4.19. The summed E-state index contributed by atoms with van der Waals surface area (Å²) in [5.74, 6) is 1.15. The van der Waals surface area contributed by atoms with Crippen LogP contribution in [0.3, 0.4) is 0 Å². The molecule has 7 heteroatoms. The SMILES string of the molecule is CCn1nc(C)c(C(=O)N2CCCC[C@H]2c2nc(C)no2)c1C. The smallest absolute Gasteiger partial charge is 0.258 e. The van der Waals surface area contributed by atoms with Gasteiger partial charge in [-0.15, -0.1) is 0 Å². The first-order chi connectivity index (χ1) is 11.0. The number of rotatable bonds is 3. The first-order valence-corrected chi connectivity index (χ1v) is 8.18. The standard InChI is InChI=1S/C16H23N5O2/c1-5-21-11(3)14(10(2)18-21)16(22)20-9-7-6-8-13(20)15-17-12(4)19-23-15/h13H,5-9H2,1-4H3/t13-/m0/s1. The van der Waals surface area contributed by atoms with Gasteiger partial charge in [-0.05, 0) is 47.0 Å². The molecule has 23 heavy (non-hydrogen) atoms. The Hall–Kier alpha value is -2.18. The van der Waals surface area contributed by atoms with Gasteiger partial charge in [0, 0.05) is 18.8 Å². The third-order valence-corrected chi connectivity index (χ3v) is 4.49. The van der Waals surface area contributed by atoms with Crippen molar-refractivity contribution in [3.8, 4) is 0 Å². The molecule has 124 valence electrons. The zero-order valence-electron chi connectivity index (χ0n) is 14.2. The van der Waals surface area contributed by atoms with E-state index in [0.29, 0.717) is 23.8 Å². The number of hydrogen-bond acceptors (Lipinski definition) is 5. The molecular weight excluding hydrogens is 294 g/mol. The maximum atomic E-state index is 13.1. The van der Waals surface area contributed by atoms with Gasteiger partial charge in [0.2, 0.25) is 5.89 Å². The van der Waals surface area contributed by atoms with Crippen molar-refractivity contribution >= 4 is 5.91 Å². The van der Waals surface area contributed by atoms with E-state index in [1.54, 1.807) is 6.92 Å². The fraction of sp³-hybridized carbons (Fsp3) is 0.625. The molecule has 0 radical (unpaired) electrons. The maximum absolute atomic E-state index is 13.1. The third kappa shape index (κ3) is 2.75. The highest BCUT2D eigenvalue weighted by Gasteiger charge is 2.34. The highest BCUT2D eigenvalue weighted by molar-refractivity contribution is 5.96. The normalized spacial score (nSPS) is 18.4. The molecule has 1 fully saturated rings. The average Bonchev–Trinajstić information content (AvgIpc) is 3.10. The molecule has 0 N–H and O–H groups in total. The van der Waals surface area contributed by atoms with Gasteiger partial charge >= 0.3 is 0 Å². The first-order valence-electron chi connectivity index (χ1n) is 8.18. The van der Waals surface area contributed by atoms with Crippen molar-refractivity contribution in [2.24, 2.45) is 0 Å². The number of amides is 1. The van der Waals surface area contributed by atoms with Gasteiger partial charge in [0.15, 0.2) is 5.82 Å². The van der Waals surface area contributed by atoms with Gasteiger partial charge in [-0.2, -0.15) is 10.1 Å². The summed E-state index contributed by atoms with van der Waals surface area (Å²) in [5.41, 5.74) is 2.40. The highest BCUT2D eigenvalue weighted by atomic mass is 16.5. The minimum Gasteiger partial charge on any atom is -0.337 e. The van der Waals surface area contributed by atoms with Crippen molar-refractivity contribution in [1.29, 1.82) is 0 Å². The zero-order valence-corrected chi connectivity index (χ0v) is 14.2. The molecule has 2 aromatic rings. The second-order valence-corrected chi connectivity index (χ2v) is 6.05. The van der Waals surface area contributed by atoms with Gasteiger partial charge in [-0.3, -0.25) is 9.48 Å². The minimum absolute atomic E-state index is 0.0141. The lowest BCUT2D eigenvalue weighted by atomic mass is 10.00. The van der Waals surface area contributed by atoms with E-state index in [2.05, 4.69) is 15.2 Å². The van der Waals surface area contributed by atoms with Gasteiger partial charge < -0.3 is 9.42 Å². The second kappa shape index (κ2) is 6.14. The zero-order chi connectivity index (χ0) is 16.6. The number of carbonyl (C=O) groups excluding carboxylic acids is 1. The molecule has 1 atom stereocenters. The molecule has 0 unspecified atom stereocenters. The quantitative estimate of drug-likeness (QED) is 0.869.